The zero-order valence-corrected chi connectivity index (χ0v) is 65.0. The Morgan fingerprint density at radius 3 is 0.882 bits per heavy atom. The molecule has 0 aromatic heterocycles. The van der Waals surface area contributed by atoms with Gasteiger partial charge in [0, 0.05) is 25.7 Å². The first-order valence-corrected chi connectivity index (χ1v) is 41.7. The summed E-state index contributed by atoms with van der Waals surface area (Å²) in [4.78, 5) is 72.9. The van der Waals surface area contributed by atoms with Gasteiger partial charge in [0.1, 0.15) is 19.3 Å². The Hall–Kier alpha value is -5.32. The van der Waals surface area contributed by atoms with Crippen LogP contribution in [0.3, 0.4) is 0 Å². The zero-order valence-electron chi connectivity index (χ0n) is 63.2. The van der Waals surface area contributed by atoms with Gasteiger partial charge in [-0.1, -0.05) is 256 Å². The average Bonchev–Trinajstić information content (AvgIpc) is 0.944. The van der Waals surface area contributed by atoms with Crippen molar-refractivity contribution in [3.63, 3.8) is 0 Å². The van der Waals surface area contributed by atoms with Crippen LogP contribution >= 0.6 is 15.6 Å². The Morgan fingerprint density at radius 1 is 0.284 bits per heavy atom. The van der Waals surface area contributed by atoms with Crippen molar-refractivity contribution in [3.8, 4) is 0 Å². The predicted octanol–water partition coefficient (Wildman–Crippen LogP) is 22.4. The SMILES string of the molecule is CC/C=C\C/C=C\C/C=C\C/C=C\C/C=C\CCCC(=O)OCC(COP(=O)(O)OCC(O)COP(=O)(O)OCC(COC(=O)CCCCCCCC/C=C\C/C=C\C/C=C\CCCCC)OC(=O)CCCCCCC/C=C\CCCC)OC(=O)CCCC/C=C\C/C=C\C/C=C\C/C=C\CC. The van der Waals surface area contributed by atoms with E-state index in [1.165, 1.54) is 32.1 Å². The van der Waals surface area contributed by atoms with Gasteiger partial charge in [-0.15, -0.1) is 0 Å². The van der Waals surface area contributed by atoms with E-state index in [0.717, 1.165) is 161 Å². The third kappa shape index (κ3) is 73.0. The summed E-state index contributed by atoms with van der Waals surface area (Å²) in [6, 6.07) is 0. The molecular weight excluding hydrogens is 1330 g/mol. The Kier molecular flexibility index (Phi) is 70.1. The normalized spacial score (nSPS) is 14.8. The number of carbonyl (C=O) groups excluding carboxylic acids is 4. The maximum Gasteiger partial charge on any atom is 0.472 e. The van der Waals surface area contributed by atoms with E-state index >= 15 is 0 Å². The van der Waals surface area contributed by atoms with Gasteiger partial charge in [-0.25, -0.2) is 9.13 Å². The van der Waals surface area contributed by atoms with Crippen LogP contribution in [0, 0.1) is 0 Å². The lowest BCUT2D eigenvalue weighted by Gasteiger charge is -2.21. The summed E-state index contributed by atoms with van der Waals surface area (Å²) in [5.74, 6) is -2.33. The first-order valence-electron chi connectivity index (χ1n) is 38.7. The maximum atomic E-state index is 13.1. The minimum absolute atomic E-state index is 0.0248. The smallest absolute Gasteiger partial charge is 0.462 e. The highest BCUT2D eigenvalue weighted by molar-refractivity contribution is 7.47. The zero-order chi connectivity index (χ0) is 74.6. The van der Waals surface area contributed by atoms with Gasteiger partial charge in [-0.2, -0.15) is 0 Å². The third-order valence-corrected chi connectivity index (χ3v) is 17.4. The van der Waals surface area contributed by atoms with Gasteiger partial charge in [-0.05, 0) is 161 Å². The second-order valence-corrected chi connectivity index (χ2v) is 28.1. The Bertz CT molecular complexity index is 2550. The molecule has 0 fully saturated rings. The van der Waals surface area contributed by atoms with E-state index in [0.29, 0.717) is 38.5 Å². The van der Waals surface area contributed by atoms with Crippen LogP contribution in [0.4, 0.5) is 0 Å². The van der Waals surface area contributed by atoms with Crippen LogP contribution in [0.15, 0.2) is 158 Å². The molecule has 5 unspecified atom stereocenters. The van der Waals surface area contributed by atoms with E-state index < -0.39 is 97.5 Å². The van der Waals surface area contributed by atoms with Crippen LogP contribution < -0.4 is 0 Å². The van der Waals surface area contributed by atoms with Crippen molar-refractivity contribution in [2.75, 3.05) is 39.6 Å². The molecular formula is C83H136O17P2. The number of aliphatic hydroxyl groups is 1. The lowest BCUT2D eigenvalue weighted by atomic mass is 10.1. The van der Waals surface area contributed by atoms with Gasteiger partial charge in [0.2, 0.25) is 0 Å². The molecule has 0 saturated carbocycles. The largest absolute Gasteiger partial charge is 0.472 e. The molecule has 0 amide bonds. The number of phosphoric ester groups is 2. The number of allylic oxidation sites excluding steroid dienone is 26. The van der Waals surface area contributed by atoms with Crippen LogP contribution in [0.2, 0.25) is 0 Å². The molecule has 0 heterocycles. The summed E-state index contributed by atoms with van der Waals surface area (Å²) >= 11 is 0. The van der Waals surface area contributed by atoms with Crippen molar-refractivity contribution in [3.05, 3.63) is 158 Å². The van der Waals surface area contributed by atoms with Crippen molar-refractivity contribution in [1.29, 1.82) is 0 Å². The molecule has 0 rings (SSSR count). The number of esters is 4. The maximum absolute atomic E-state index is 13.1. The highest BCUT2D eigenvalue weighted by atomic mass is 31.2. The number of unbranched alkanes of at least 4 members (excludes halogenated alkanes) is 19. The number of phosphoric acid groups is 2. The highest BCUT2D eigenvalue weighted by Crippen LogP contribution is 2.45. The Labute approximate surface area is 617 Å². The van der Waals surface area contributed by atoms with E-state index in [1.807, 2.05) is 12.2 Å². The van der Waals surface area contributed by atoms with Gasteiger partial charge in [-0.3, -0.25) is 37.3 Å². The Morgan fingerprint density at radius 2 is 0.529 bits per heavy atom. The number of rotatable bonds is 71. The first kappa shape index (κ1) is 96.7. The fourth-order valence-corrected chi connectivity index (χ4v) is 11.2. The van der Waals surface area contributed by atoms with Gasteiger partial charge < -0.3 is 33.8 Å². The summed E-state index contributed by atoms with van der Waals surface area (Å²) in [6.07, 6.45) is 85.3. The van der Waals surface area contributed by atoms with Crippen molar-refractivity contribution in [1.82, 2.24) is 0 Å². The van der Waals surface area contributed by atoms with E-state index in [9.17, 15) is 43.2 Å². The topological polar surface area (TPSA) is 237 Å². The highest BCUT2D eigenvalue weighted by Gasteiger charge is 2.30. The molecule has 17 nitrogen and oxygen atoms in total. The van der Waals surface area contributed by atoms with E-state index in [4.69, 9.17) is 37.0 Å². The molecule has 19 heteroatoms. The fraction of sp³-hybridized carbons (Fsp3) is 0.639. The van der Waals surface area contributed by atoms with E-state index in [2.05, 4.69) is 174 Å². The molecule has 0 aromatic carbocycles. The van der Waals surface area contributed by atoms with Gasteiger partial charge in [0.15, 0.2) is 12.2 Å². The standard InChI is InChI=1S/C83H136O17P2/c1-5-9-13-17-21-25-29-32-35-37-38-40-43-45-49-52-56-60-64-68-80(85)93-73-78(99-82(87)69-65-61-57-53-47-28-24-20-16-12-8-4)75-97-101(89,90)95-71-77(84)72-96-102(91,92)98-76-79(100-83(88)70-66-62-58-54-50-46-41-34-31-27-23-19-15-11-7-3)74-94-81(86)67-63-59-55-51-48-44-42-39-36-33-30-26-22-18-14-10-6-2/h10-11,14-15,20-27,32-36,38,40-42,44,50-51,54-55,77-79,84H,5-9,12-13,16-19,28-31,37,39,43,45-49,52-53,56-76H2,1-4H3,(H,89,90)(H,91,92)/b14-10-,15-11-,24-20-,25-21-,26-22-,27-23-,35-32-,36-33-,40-38-,41-34-,44-42-,54-50-,55-51-. The summed E-state index contributed by atoms with van der Waals surface area (Å²) in [5, 5.41) is 10.6. The molecule has 0 aliphatic heterocycles. The molecule has 5 atom stereocenters. The van der Waals surface area contributed by atoms with Crippen molar-refractivity contribution < 1.29 is 80.2 Å². The number of hydrogen-bond donors (Lipinski definition) is 3. The van der Waals surface area contributed by atoms with Crippen LogP contribution in [0.1, 0.15) is 285 Å². The number of hydrogen-bond acceptors (Lipinski definition) is 15. The average molecular weight is 1470 g/mol. The molecule has 0 radical (unpaired) electrons. The molecule has 0 aliphatic carbocycles. The minimum Gasteiger partial charge on any atom is -0.462 e. The van der Waals surface area contributed by atoms with Crippen molar-refractivity contribution in [2.45, 2.75) is 303 Å². The van der Waals surface area contributed by atoms with E-state index in [1.54, 1.807) is 0 Å². The van der Waals surface area contributed by atoms with Crippen LogP contribution in [-0.4, -0.2) is 96.7 Å². The summed E-state index contributed by atoms with van der Waals surface area (Å²) < 4.78 is 68.4. The number of ether oxygens (including phenoxy) is 4. The van der Waals surface area contributed by atoms with Crippen LogP contribution in [0.5, 0.6) is 0 Å². The van der Waals surface area contributed by atoms with E-state index in [-0.39, 0.29) is 25.7 Å². The molecule has 0 bridgehead atoms. The molecule has 0 spiro atoms. The monoisotopic (exact) mass is 1470 g/mol. The molecule has 102 heavy (non-hydrogen) atoms. The molecule has 3 N–H and O–H groups in total. The fourth-order valence-electron chi connectivity index (χ4n) is 9.59. The predicted molar refractivity (Wildman–Crippen MR) is 417 cm³/mol. The summed E-state index contributed by atoms with van der Waals surface area (Å²) in [7, 11) is -10.00. The first-order chi connectivity index (χ1) is 49.7. The van der Waals surface area contributed by atoms with Crippen LogP contribution in [-0.2, 0) is 65.4 Å². The summed E-state index contributed by atoms with van der Waals surface area (Å²) in [6.45, 7) is 4.42. The lowest BCUT2D eigenvalue weighted by Crippen LogP contribution is -2.30. The van der Waals surface area contributed by atoms with Gasteiger partial charge in [0.25, 0.3) is 0 Å². The molecule has 0 saturated heterocycles. The van der Waals surface area contributed by atoms with Crippen molar-refractivity contribution in [2.24, 2.45) is 0 Å². The second-order valence-electron chi connectivity index (χ2n) is 25.2. The lowest BCUT2D eigenvalue weighted by molar-refractivity contribution is -0.161. The van der Waals surface area contributed by atoms with Gasteiger partial charge >= 0.3 is 39.5 Å². The third-order valence-electron chi connectivity index (χ3n) is 15.5. The quantitative estimate of drug-likeness (QED) is 0.0169. The Balaban J connectivity index is 5.42. The van der Waals surface area contributed by atoms with Crippen molar-refractivity contribution >= 4 is 39.5 Å². The molecule has 0 aromatic rings. The second kappa shape index (κ2) is 74.0. The van der Waals surface area contributed by atoms with Crippen LogP contribution in [0.25, 0.3) is 0 Å². The number of aliphatic hydroxyl groups excluding tert-OH is 1. The molecule has 580 valence electrons. The summed E-state index contributed by atoms with van der Waals surface area (Å²) in [5.41, 5.74) is 0. The number of carbonyl (C=O) groups is 4. The minimum atomic E-state index is -5.01. The van der Waals surface area contributed by atoms with Gasteiger partial charge in [0.05, 0.1) is 26.4 Å². The molecule has 0 aliphatic rings.